The fourth-order valence-corrected chi connectivity index (χ4v) is 10.7. The highest BCUT2D eigenvalue weighted by molar-refractivity contribution is 9.10. The van der Waals surface area contributed by atoms with E-state index in [1.54, 1.807) is 125 Å². The van der Waals surface area contributed by atoms with E-state index in [4.69, 9.17) is 11.6 Å². The molecule has 11 rings (SSSR count). The third-order valence-electron chi connectivity index (χ3n) is 14.0. The maximum absolute atomic E-state index is 15.5. The minimum absolute atomic E-state index is 0.102. The number of aromatic nitrogens is 7. The van der Waals surface area contributed by atoms with Crippen LogP contribution < -0.4 is 21.3 Å². The Morgan fingerprint density at radius 1 is 0.602 bits per heavy atom. The van der Waals surface area contributed by atoms with Gasteiger partial charge in [-0.25, -0.2) is 38.1 Å². The Morgan fingerprint density at radius 2 is 1.08 bits per heavy atom. The number of halogens is 5. The quantitative estimate of drug-likeness (QED) is 0.0553. The van der Waals surface area contributed by atoms with Crippen LogP contribution in [0.4, 0.5) is 47.4 Å². The zero-order chi connectivity index (χ0) is 58.5. The SMILES string of the molecule is CC(=O)c1cn(CC(=O)N2C[C@H](F)C[C@H]2C(=O)Nc2cccc(-c3ccccc3Cl)c2F)c2ccc(Nc3cncnc3)cc12.CC(=O)c1cn(CC(=O)N2C[C@H](F)C[C@H]2C(=O)Nc2cccc(Br)n2)c2ccc(Nc3cncnc3)cc12. The number of ketones is 2. The summed E-state index contributed by atoms with van der Waals surface area (Å²) in [5, 5.41) is 13.2. The zero-order valence-electron chi connectivity index (χ0n) is 44.3. The number of fused-ring (bicyclic) bond motifs is 2. The van der Waals surface area contributed by atoms with Crippen LogP contribution in [0.2, 0.25) is 5.02 Å². The van der Waals surface area contributed by atoms with Crippen molar-refractivity contribution in [2.24, 2.45) is 0 Å². The van der Waals surface area contributed by atoms with Gasteiger partial charge in [-0.15, -0.1) is 0 Å². The molecule has 0 aliphatic carbocycles. The number of Topliss-reactive ketones (excluding diaryl/α,β-unsaturated/α-hetero) is 2. The van der Waals surface area contributed by atoms with E-state index in [1.165, 1.54) is 42.4 Å². The molecule has 2 aliphatic rings. The normalized spacial score (nSPS) is 16.5. The number of alkyl halides is 2. The molecular formula is C59H50BrClF3N13O6. The molecule has 0 saturated carbocycles. The summed E-state index contributed by atoms with van der Waals surface area (Å²) in [7, 11) is 0. The van der Waals surface area contributed by atoms with Crippen molar-refractivity contribution in [1.82, 2.24) is 43.9 Å². The highest BCUT2D eigenvalue weighted by Crippen LogP contribution is 2.35. The highest BCUT2D eigenvalue weighted by Gasteiger charge is 2.41. The molecule has 0 radical (unpaired) electrons. The van der Waals surface area contributed by atoms with Crippen molar-refractivity contribution in [3.63, 3.8) is 0 Å². The van der Waals surface area contributed by atoms with Crippen molar-refractivity contribution in [1.29, 1.82) is 0 Å². The van der Waals surface area contributed by atoms with E-state index in [2.05, 4.69) is 62.1 Å². The first-order valence-corrected chi connectivity index (χ1v) is 27.1. The molecule has 4 atom stereocenters. The Bertz CT molecular complexity index is 3970. The Labute approximate surface area is 485 Å². The first kappa shape index (κ1) is 56.9. The number of rotatable bonds is 15. The van der Waals surface area contributed by atoms with Gasteiger partial charge in [0.25, 0.3) is 0 Å². The van der Waals surface area contributed by atoms with Crippen molar-refractivity contribution in [2.45, 2.75) is 64.2 Å². The number of likely N-dealkylation sites (tertiary alicyclic amines) is 2. The number of carbonyl (C=O) groups excluding carboxylic acids is 6. The van der Waals surface area contributed by atoms with Crippen LogP contribution in [0.5, 0.6) is 0 Å². The first-order valence-electron chi connectivity index (χ1n) is 25.9. The molecule has 19 nitrogen and oxygen atoms in total. The monoisotopic (exact) mass is 1210 g/mol. The number of hydrogen-bond acceptors (Lipinski definition) is 13. The van der Waals surface area contributed by atoms with Crippen LogP contribution in [0.15, 0.2) is 152 Å². The van der Waals surface area contributed by atoms with Crippen LogP contribution in [-0.2, 0) is 32.3 Å². The second-order valence-corrected chi connectivity index (χ2v) is 20.9. The highest BCUT2D eigenvalue weighted by atomic mass is 79.9. The second-order valence-electron chi connectivity index (χ2n) is 19.7. The fraction of sp³-hybridized carbons (Fsp3) is 0.203. The Kier molecular flexibility index (Phi) is 17.0. The predicted octanol–water partition coefficient (Wildman–Crippen LogP) is 10.5. The summed E-state index contributed by atoms with van der Waals surface area (Å²) in [4.78, 5) is 101. The molecule has 0 bridgehead atoms. The standard InChI is InChI=1S/C33H27ClF2N6O3.C26H23BrFN7O3/c1-19(43)26-16-41(29-10-9-21(12-25(26)29)39-22-13-37-18-38-14-22)17-31(44)42-15-20(35)11-30(42)33(45)40-28-8-4-6-24(32(28)36)23-5-2-3-7-27(23)34;1-15(36)20-12-34(21-6-5-17(8-19(20)21)31-18-9-29-14-30-10-18)13-25(37)35-11-16(28)7-22(35)26(38)33-24-4-2-3-23(27)32-24/h2-10,12-14,16,18,20,30,39H,11,15,17H2,1H3,(H,40,45);2-6,8-10,12,14,16,22,31H,7,11,13H2,1H3,(H,32,33,38)/t20-,30+;16-,22+/m11/s1. The van der Waals surface area contributed by atoms with Gasteiger partial charge in [0.15, 0.2) is 17.4 Å². The summed E-state index contributed by atoms with van der Waals surface area (Å²) >= 11 is 9.50. The Balaban J connectivity index is 0.000000188. The maximum Gasteiger partial charge on any atom is 0.248 e. The van der Waals surface area contributed by atoms with Crippen LogP contribution in [-0.4, -0.2) is 117 Å². The molecule has 4 aromatic carbocycles. The molecule has 2 fully saturated rings. The van der Waals surface area contributed by atoms with Gasteiger partial charge in [-0.2, -0.15) is 0 Å². The third kappa shape index (κ3) is 12.9. The summed E-state index contributed by atoms with van der Waals surface area (Å²) in [6.45, 7) is 2.02. The van der Waals surface area contributed by atoms with Gasteiger partial charge in [0, 0.05) is 85.7 Å². The van der Waals surface area contributed by atoms with Crippen molar-refractivity contribution in [3.8, 4) is 11.1 Å². The molecule has 4 N–H and O–H groups in total. The van der Waals surface area contributed by atoms with Crippen LogP contribution in [0.3, 0.4) is 0 Å². The molecule has 9 aromatic rings. The van der Waals surface area contributed by atoms with Crippen molar-refractivity contribution >= 4 is 119 Å². The molecule has 4 amide bonds. The van der Waals surface area contributed by atoms with Crippen molar-refractivity contribution in [3.05, 3.63) is 173 Å². The van der Waals surface area contributed by atoms with Gasteiger partial charge >= 0.3 is 0 Å². The number of hydrogen-bond donors (Lipinski definition) is 4. The van der Waals surface area contributed by atoms with Gasteiger partial charge in [0.2, 0.25) is 23.6 Å². The molecule has 5 aromatic heterocycles. The summed E-state index contributed by atoms with van der Waals surface area (Å²) < 4.78 is 48.4. The van der Waals surface area contributed by atoms with Gasteiger partial charge in [-0.3, -0.25) is 28.8 Å². The Hall–Kier alpha value is -9.35. The summed E-state index contributed by atoms with van der Waals surface area (Å²) in [5.41, 5.74) is 5.40. The van der Waals surface area contributed by atoms with Gasteiger partial charge in [0.1, 0.15) is 60.6 Å². The van der Waals surface area contributed by atoms with E-state index >= 15 is 4.39 Å². The lowest BCUT2D eigenvalue weighted by molar-refractivity contribution is -0.137. The zero-order valence-corrected chi connectivity index (χ0v) is 46.6. The fourth-order valence-electron chi connectivity index (χ4n) is 10.1. The summed E-state index contributed by atoms with van der Waals surface area (Å²) in [6.07, 6.45) is 9.41. The van der Waals surface area contributed by atoms with Crippen molar-refractivity contribution in [2.75, 3.05) is 34.4 Å². The molecule has 2 saturated heterocycles. The van der Waals surface area contributed by atoms with Gasteiger partial charge in [-0.05, 0) is 90.4 Å². The number of benzene rings is 4. The number of nitrogens with zero attached hydrogens (tertiary/aromatic N) is 9. The van der Waals surface area contributed by atoms with Gasteiger partial charge in [0.05, 0.1) is 54.9 Å². The smallest absolute Gasteiger partial charge is 0.248 e. The lowest BCUT2D eigenvalue weighted by Crippen LogP contribution is -2.44. The molecule has 0 unspecified atom stereocenters. The molecule has 2 aliphatic heterocycles. The van der Waals surface area contributed by atoms with E-state index < -0.39 is 53.9 Å². The number of carbonyl (C=O) groups is 6. The number of pyridine rings is 1. The van der Waals surface area contributed by atoms with Gasteiger partial charge in [-0.1, -0.05) is 48.0 Å². The van der Waals surface area contributed by atoms with E-state index in [9.17, 15) is 37.5 Å². The number of amides is 4. The largest absolute Gasteiger partial charge is 0.353 e. The predicted molar refractivity (Wildman–Crippen MR) is 311 cm³/mol. The van der Waals surface area contributed by atoms with Crippen LogP contribution in [0.25, 0.3) is 32.9 Å². The topological polar surface area (TPSA) is 231 Å². The Morgan fingerprint density at radius 3 is 1.58 bits per heavy atom. The van der Waals surface area contributed by atoms with E-state index in [-0.39, 0.29) is 61.8 Å². The molecular weight excluding hydrogens is 1160 g/mol. The average Bonchev–Trinajstić information content (AvgIpc) is 4.34. The summed E-state index contributed by atoms with van der Waals surface area (Å²) in [5.74, 6) is -2.92. The second kappa shape index (κ2) is 24.8. The van der Waals surface area contributed by atoms with E-state index in [0.29, 0.717) is 71.0 Å². The van der Waals surface area contributed by atoms with Crippen LogP contribution >= 0.6 is 27.5 Å². The molecule has 422 valence electrons. The number of nitrogens with one attached hydrogen (secondary N) is 4. The van der Waals surface area contributed by atoms with Crippen LogP contribution in [0, 0.1) is 5.82 Å². The van der Waals surface area contributed by atoms with E-state index in [0.717, 1.165) is 5.69 Å². The maximum atomic E-state index is 15.5. The van der Waals surface area contributed by atoms with Crippen molar-refractivity contribution < 1.29 is 41.9 Å². The molecule has 24 heteroatoms. The molecule has 83 heavy (non-hydrogen) atoms. The lowest BCUT2D eigenvalue weighted by Gasteiger charge is -2.24. The molecule has 0 spiro atoms. The first-order chi connectivity index (χ1) is 40.0. The average molecular weight is 1210 g/mol. The minimum Gasteiger partial charge on any atom is -0.353 e. The van der Waals surface area contributed by atoms with E-state index in [1.807, 2.05) is 12.1 Å². The lowest BCUT2D eigenvalue weighted by atomic mass is 10.0. The summed E-state index contributed by atoms with van der Waals surface area (Å²) in [6, 6.07) is 24.9. The molecule has 7 heterocycles. The van der Waals surface area contributed by atoms with Crippen LogP contribution in [0.1, 0.15) is 47.4 Å². The number of anilines is 6. The van der Waals surface area contributed by atoms with Gasteiger partial charge < -0.3 is 40.2 Å². The third-order valence-corrected chi connectivity index (χ3v) is 14.7. The minimum atomic E-state index is -1.44.